The number of hydrogen-bond donors (Lipinski definition) is 2. The molecule has 3 nitrogen and oxygen atoms in total. The van der Waals surface area contributed by atoms with Gasteiger partial charge in [0, 0.05) is 5.56 Å². The summed E-state index contributed by atoms with van der Waals surface area (Å²) in [6, 6.07) is 3.47. The van der Waals surface area contributed by atoms with Crippen LogP contribution in [0.2, 0.25) is 0 Å². The van der Waals surface area contributed by atoms with Crippen molar-refractivity contribution in [2.24, 2.45) is 0 Å². The Morgan fingerprint density at radius 2 is 1.47 bits per heavy atom. The first-order valence-corrected chi connectivity index (χ1v) is 6.06. The van der Waals surface area contributed by atoms with Gasteiger partial charge in [-0.05, 0) is 22.5 Å². The summed E-state index contributed by atoms with van der Waals surface area (Å²) in [5.74, 6) is -1.22. The van der Waals surface area contributed by atoms with Crippen LogP contribution in [-0.4, -0.2) is 45.7 Å². The molecule has 0 aliphatic rings. The van der Waals surface area contributed by atoms with Crippen molar-refractivity contribution < 1.29 is 15.0 Å². The molecule has 0 bridgehead atoms. The van der Waals surface area contributed by atoms with E-state index in [0.29, 0.717) is 5.56 Å². The number of phenols is 1. The molecule has 0 spiro atoms. The zero-order valence-corrected chi connectivity index (χ0v) is 12.0. The quantitative estimate of drug-likeness (QED) is 0.774. The molecule has 0 aliphatic heterocycles. The van der Waals surface area contributed by atoms with E-state index in [0.717, 1.165) is 5.56 Å². The molecule has 0 unspecified atom stereocenters. The molecule has 0 heterocycles. The number of benzene rings is 1. The van der Waals surface area contributed by atoms with Crippen LogP contribution in [0, 0.1) is 0 Å². The van der Waals surface area contributed by atoms with Crippen molar-refractivity contribution in [3.8, 4) is 5.75 Å². The van der Waals surface area contributed by atoms with E-state index in [4.69, 9.17) is 0 Å². The SMILES string of the molecule is CC(C)(C)c1cc(C(=O)O)c(O)c(C(C)(C)C)c1.[NaH]. The fourth-order valence-electron chi connectivity index (χ4n) is 1.80. The van der Waals surface area contributed by atoms with E-state index < -0.39 is 5.97 Å². The Hall–Kier alpha value is -0.510. The second-order valence-corrected chi connectivity index (χ2v) is 6.73. The Morgan fingerprint density at radius 3 is 1.79 bits per heavy atom. The molecule has 1 rings (SSSR count). The Kier molecular flexibility index (Phi) is 5.70. The molecule has 0 saturated heterocycles. The number of aromatic carboxylic acids is 1. The van der Waals surface area contributed by atoms with E-state index in [1.807, 2.05) is 47.6 Å². The van der Waals surface area contributed by atoms with Crippen LogP contribution >= 0.6 is 0 Å². The molecule has 4 heteroatoms. The maximum absolute atomic E-state index is 11.2. The fourth-order valence-corrected chi connectivity index (χ4v) is 1.80. The summed E-state index contributed by atoms with van der Waals surface area (Å²) in [7, 11) is 0. The van der Waals surface area contributed by atoms with Gasteiger partial charge in [0.05, 0.1) is 0 Å². The number of carboxylic acids is 1. The molecule has 0 saturated carbocycles. The van der Waals surface area contributed by atoms with Crippen LogP contribution in [0.5, 0.6) is 5.75 Å². The summed E-state index contributed by atoms with van der Waals surface area (Å²) in [4.78, 5) is 11.2. The van der Waals surface area contributed by atoms with Gasteiger partial charge in [-0.15, -0.1) is 0 Å². The van der Waals surface area contributed by atoms with Crippen molar-refractivity contribution in [2.45, 2.75) is 52.4 Å². The van der Waals surface area contributed by atoms with Crippen molar-refractivity contribution >= 4 is 35.5 Å². The Labute approximate surface area is 137 Å². The molecule has 1 aromatic rings. The third-order valence-electron chi connectivity index (χ3n) is 3.01. The minimum atomic E-state index is -1.09. The third kappa shape index (κ3) is 4.23. The normalized spacial score (nSPS) is 11.9. The Morgan fingerprint density at radius 1 is 1.00 bits per heavy atom. The zero-order chi connectivity index (χ0) is 14.3. The van der Waals surface area contributed by atoms with Gasteiger partial charge in [-0.1, -0.05) is 47.6 Å². The van der Waals surface area contributed by atoms with Crippen LogP contribution in [0.4, 0.5) is 0 Å². The minimum absolute atomic E-state index is 0. The average Bonchev–Trinajstić information content (AvgIpc) is 2.13. The van der Waals surface area contributed by atoms with Crippen LogP contribution in [0.25, 0.3) is 0 Å². The number of rotatable bonds is 1. The van der Waals surface area contributed by atoms with Gasteiger partial charge >= 0.3 is 35.5 Å². The molecule has 102 valence electrons. The van der Waals surface area contributed by atoms with Crippen LogP contribution in [0.3, 0.4) is 0 Å². The number of carboxylic acid groups (broad SMARTS) is 1. The second-order valence-electron chi connectivity index (χ2n) is 6.73. The molecule has 0 atom stereocenters. The van der Waals surface area contributed by atoms with Gasteiger partial charge in [0.15, 0.2) is 0 Å². The molecule has 2 N–H and O–H groups in total. The fraction of sp³-hybridized carbons (Fsp3) is 0.533. The summed E-state index contributed by atoms with van der Waals surface area (Å²) >= 11 is 0. The molecular formula is C15H23NaO3. The Bertz CT molecular complexity index is 479. The standard InChI is InChI=1S/C15H22O3.Na.H/c1-14(2,3)9-7-10(13(17)18)12(16)11(8-9)15(4,5)6;;/h7-8,16H,1-6H3,(H,17,18);;. The summed E-state index contributed by atoms with van der Waals surface area (Å²) in [5.41, 5.74) is 1.12. The van der Waals surface area contributed by atoms with E-state index in [1.165, 1.54) is 0 Å². The van der Waals surface area contributed by atoms with E-state index in [9.17, 15) is 15.0 Å². The predicted octanol–water partition coefficient (Wildman–Crippen LogP) is 3.04. The third-order valence-corrected chi connectivity index (χ3v) is 3.01. The summed E-state index contributed by atoms with van der Waals surface area (Å²) in [6.45, 7) is 12.0. The number of carbonyl (C=O) groups is 1. The van der Waals surface area contributed by atoms with Gasteiger partial charge in [0.2, 0.25) is 0 Å². The van der Waals surface area contributed by atoms with Gasteiger partial charge in [-0.2, -0.15) is 0 Å². The van der Waals surface area contributed by atoms with E-state index in [-0.39, 0.29) is 51.7 Å². The summed E-state index contributed by atoms with van der Waals surface area (Å²) in [6.07, 6.45) is 0. The number of aromatic hydroxyl groups is 1. The zero-order valence-electron chi connectivity index (χ0n) is 12.0. The van der Waals surface area contributed by atoms with Crippen molar-refractivity contribution in [1.29, 1.82) is 0 Å². The monoisotopic (exact) mass is 274 g/mol. The van der Waals surface area contributed by atoms with Crippen molar-refractivity contribution in [3.63, 3.8) is 0 Å². The summed E-state index contributed by atoms with van der Waals surface area (Å²) < 4.78 is 0. The molecule has 0 amide bonds. The van der Waals surface area contributed by atoms with Crippen LogP contribution in [-0.2, 0) is 10.8 Å². The van der Waals surface area contributed by atoms with Crippen molar-refractivity contribution in [2.75, 3.05) is 0 Å². The molecule has 0 radical (unpaired) electrons. The van der Waals surface area contributed by atoms with E-state index in [1.54, 1.807) is 6.07 Å². The molecule has 0 fully saturated rings. The van der Waals surface area contributed by atoms with Crippen LogP contribution in [0.15, 0.2) is 12.1 Å². The first-order chi connectivity index (χ1) is 7.94. The van der Waals surface area contributed by atoms with Gasteiger partial charge < -0.3 is 10.2 Å². The predicted molar refractivity (Wildman–Crippen MR) is 79.6 cm³/mol. The van der Waals surface area contributed by atoms with Crippen molar-refractivity contribution in [1.82, 2.24) is 0 Å². The second kappa shape index (κ2) is 5.86. The molecule has 0 aliphatic carbocycles. The maximum atomic E-state index is 11.2. The van der Waals surface area contributed by atoms with Gasteiger partial charge in [-0.25, -0.2) is 4.79 Å². The Balaban J connectivity index is 0.00000324. The number of hydrogen-bond acceptors (Lipinski definition) is 2. The van der Waals surface area contributed by atoms with E-state index in [2.05, 4.69) is 0 Å². The molecular weight excluding hydrogens is 251 g/mol. The van der Waals surface area contributed by atoms with Crippen LogP contribution in [0.1, 0.15) is 63.0 Å². The average molecular weight is 274 g/mol. The molecule has 1 aromatic carbocycles. The molecule has 0 aromatic heterocycles. The van der Waals surface area contributed by atoms with Gasteiger partial charge in [0.1, 0.15) is 11.3 Å². The van der Waals surface area contributed by atoms with Crippen molar-refractivity contribution in [3.05, 3.63) is 28.8 Å². The first-order valence-electron chi connectivity index (χ1n) is 6.06. The first kappa shape index (κ1) is 18.5. The summed E-state index contributed by atoms with van der Waals surface area (Å²) in [5, 5.41) is 19.3. The molecule has 19 heavy (non-hydrogen) atoms. The van der Waals surface area contributed by atoms with Crippen LogP contribution < -0.4 is 0 Å². The van der Waals surface area contributed by atoms with Gasteiger partial charge in [0.25, 0.3) is 0 Å². The topological polar surface area (TPSA) is 57.5 Å². The van der Waals surface area contributed by atoms with E-state index >= 15 is 0 Å². The van der Waals surface area contributed by atoms with Gasteiger partial charge in [-0.3, -0.25) is 0 Å².